The van der Waals surface area contributed by atoms with Crippen LogP contribution in [0.2, 0.25) is 0 Å². The molecule has 0 saturated carbocycles. The van der Waals surface area contributed by atoms with E-state index < -0.39 is 30.5 Å². The second-order valence-electron chi connectivity index (χ2n) is 4.60. The van der Waals surface area contributed by atoms with E-state index in [1.165, 1.54) is 6.92 Å². The number of carboxylic acid groups (broad SMARTS) is 1. The van der Waals surface area contributed by atoms with Gasteiger partial charge in [0.05, 0.1) is 36.7 Å². The molecule has 2 amide bonds. The first-order valence-corrected chi connectivity index (χ1v) is 9.63. The molecule has 0 aliphatic heterocycles. The molecule has 0 spiro atoms. The van der Waals surface area contributed by atoms with Crippen molar-refractivity contribution in [3.8, 4) is 0 Å². The van der Waals surface area contributed by atoms with E-state index in [-0.39, 0.29) is 26.9 Å². The van der Waals surface area contributed by atoms with Crippen LogP contribution >= 0.6 is 67.8 Å². The Labute approximate surface area is 178 Å². The van der Waals surface area contributed by atoms with Gasteiger partial charge in [0.25, 0.3) is 5.91 Å². The molecule has 0 fully saturated rings. The molecule has 11 heteroatoms. The van der Waals surface area contributed by atoms with Crippen molar-refractivity contribution in [2.75, 3.05) is 18.5 Å². The zero-order chi connectivity index (χ0) is 18.6. The molecule has 1 aromatic rings. The first-order chi connectivity index (χ1) is 11.1. The van der Waals surface area contributed by atoms with Crippen LogP contribution in [-0.2, 0) is 4.79 Å². The van der Waals surface area contributed by atoms with E-state index in [1.807, 2.05) is 45.2 Å². The summed E-state index contributed by atoms with van der Waals surface area (Å²) in [6.45, 7) is 0.575. The van der Waals surface area contributed by atoms with Crippen LogP contribution in [-0.4, -0.2) is 52.4 Å². The number of anilines is 1. The molecule has 0 heterocycles. The van der Waals surface area contributed by atoms with Crippen LogP contribution in [0, 0.1) is 10.7 Å². The number of nitrogens with one attached hydrogen (secondary N) is 2. The van der Waals surface area contributed by atoms with E-state index in [0.717, 1.165) is 0 Å². The van der Waals surface area contributed by atoms with Crippen molar-refractivity contribution in [2.24, 2.45) is 0 Å². The average molecular weight is 674 g/mol. The van der Waals surface area contributed by atoms with Crippen LogP contribution in [0.1, 0.15) is 27.6 Å². The lowest BCUT2D eigenvalue weighted by molar-refractivity contribution is -0.114. The van der Waals surface area contributed by atoms with E-state index in [4.69, 9.17) is 5.11 Å². The van der Waals surface area contributed by atoms with E-state index in [1.54, 1.807) is 22.6 Å². The van der Waals surface area contributed by atoms with Crippen LogP contribution in [0.4, 0.5) is 5.69 Å². The van der Waals surface area contributed by atoms with Crippen LogP contribution in [0.15, 0.2) is 0 Å². The number of hydrogen-bond donors (Lipinski definition) is 5. The number of carbonyl (C=O) groups excluding carboxylic acids is 2. The number of rotatable bonds is 6. The normalized spacial score (nSPS) is 11.8. The van der Waals surface area contributed by atoms with Crippen molar-refractivity contribution >= 4 is 91.2 Å². The summed E-state index contributed by atoms with van der Waals surface area (Å²) in [5.41, 5.74) is 0.241. The molecule has 0 aromatic heterocycles. The van der Waals surface area contributed by atoms with E-state index in [9.17, 15) is 24.6 Å². The maximum Gasteiger partial charge on any atom is 0.337 e. The van der Waals surface area contributed by atoms with Gasteiger partial charge >= 0.3 is 5.97 Å². The van der Waals surface area contributed by atoms with Gasteiger partial charge in [0.15, 0.2) is 0 Å². The highest BCUT2D eigenvalue weighted by atomic mass is 127. The smallest absolute Gasteiger partial charge is 0.337 e. The maximum absolute atomic E-state index is 12.4. The minimum absolute atomic E-state index is 0.0860. The van der Waals surface area contributed by atoms with Gasteiger partial charge in [0.2, 0.25) is 5.91 Å². The summed E-state index contributed by atoms with van der Waals surface area (Å²) < 4.78 is 0.924. The number of aliphatic hydroxyl groups excluding tert-OH is 2. The highest BCUT2D eigenvalue weighted by molar-refractivity contribution is 14.1. The summed E-state index contributed by atoms with van der Waals surface area (Å²) in [5.74, 6) is -2.23. The van der Waals surface area contributed by atoms with Gasteiger partial charge in [-0.1, -0.05) is 0 Å². The quantitative estimate of drug-likeness (QED) is 0.289. The van der Waals surface area contributed by atoms with Crippen molar-refractivity contribution in [1.82, 2.24) is 5.32 Å². The summed E-state index contributed by atoms with van der Waals surface area (Å²) in [7, 11) is 0. The molecule has 1 aromatic carbocycles. The van der Waals surface area contributed by atoms with Crippen molar-refractivity contribution in [3.05, 3.63) is 21.8 Å². The number of aliphatic hydroxyl groups is 2. The van der Waals surface area contributed by atoms with Gasteiger partial charge in [0.1, 0.15) is 0 Å². The minimum atomic E-state index is -1.23. The SMILES string of the molecule is CC(=O)Nc1c(I)c(C(=O)O)c(I)c(C(=O)NCC(O)CO)c1I. The Morgan fingerprint density at radius 3 is 2.08 bits per heavy atom. The number of carboxylic acids is 1. The molecule has 0 aliphatic rings. The predicted molar refractivity (Wildman–Crippen MR) is 111 cm³/mol. The fraction of sp³-hybridized carbons (Fsp3) is 0.308. The zero-order valence-corrected chi connectivity index (χ0v) is 18.7. The second kappa shape index (κ2) is 9.44. The third-order valence-corrected chi connectivity index (χ3v) is 6.00. The number of amides is 2. The molecule has 1 unspecified atom stereocenters. The van der Waals surface area contributed by atoms with Gasteiger partial charge in [-0.2, -0.15) is 0 Å². The molecular formula is C13H13I3N2O6. The molecule has 1 atom stereocenters. The molecular weight excluding hydrogens is 661 g/mol. The summed E-state index contributed by atoms with van der Waals surface area (Å²) in [6.07, 6.45) is -1.12. The second-order valence-corrected chi connectivity index (χ2v) is 7.84. The number of halogens is 3. The molecule has 0 bridgehead atoms. The van der Waals surface area contributed by atoms with Gasteiger partial charge in [-0.25, -0.2) is 4.79 Å². The fourth-order valence-electron chi connectivity index (χ4n) is 1.70. The number of carbonyl (C=O) groups is 3. The minimum Gasteiger partial charge on any atom is -0.478 e. The zero-order valence-electron chi connectivity index (χ0n) is 12.2. The van der Waals surface area contributed by atoms with Gasteiger partial charge in [-0.15, -0.1) is 0 Å². The fourth-order valence-corrected chi connectivity index (χ4v) is 6.09. The monoisotopic (exact) mass is 674 g/mol. The molecule has 24 heavy (non-hydrogen) atoms. The third kappa shape index (κ3) is 5.12. The van der Waals surface area contributed by atoms with Crippen molar-refractivity contribution < 1.29 is 29.7 Å². The Morgan fingerprint density at radius 2 is 1.62 bits per heavy atom. The third-order valence-electron chi connectivity index (χ3n) is 2.77. The molecule has 0 radical (unpaired) electrons. The lowest BCUT2D eigenvalue weighted by Gasteiger charge is -2.18. The Morgan fingerprint density at radius 1 is 1.08 bits per heavy atom. The Bertz CT molecular complexity index is 695. The molecule has 0 saturated heterocycles. The van der Waals surface area contributed by atoms with E-state index in [0.29, 0.717) is 7.14 Å². The Kier molecular flexibility index (Phi) is 8.57. The lowest BCUT2D eigenvalue weighted by Crippen LogP contribution is -2.35. The Hall–Kier alpha value is -0.260. The highest BCUT2D eigenvalue weighted by Gasteiger charge is 2.28. The highest BCUT2D eigenvalue weighted by Crippen LogP contribution is 2.35. The summed E-state index contributed by atoms with van der Waals surface area (Å²) >= 11 is 5.43. The standard InChI is InChI=1S/C13H13I3N2O6/c1-4(20)18-11-9(15)6(12(22)17-2-5(21)3-19)8(14)7(10(11)16)13(23)24/h5,19,21H,2-3H2,1H3,(H,17,22)(H,18,20)(H,23,24). The number of benzene rings is 1. The molecule has 8 nitrogen and oxygen atoms in total. The molecule has 0 aliphatic carbocycles. The van der Waals surface area contributed by atoms with Gasteiger partial charge in [0, 0.05) is 17.0 Å². The summed E-state index contributed by atoms with van der Waals surface area (Å²) in [6, 6.07) is 0. The molecule has 5 N–H and O–H groups in total. The van der Waals surface area contributed by atoms with Crippen LogP contribution < -0.4 is 10.6 Å². The maximum atomic E-state index is 12.4. The van der Waals surface area contributed by atoms with Crippen LogP contribution in [0.3, 0.4) is 0 Å². The van der Waals surface area contributed by atoms with E-state index >= 15 is 0 Å². The van der Waals surface area contributed by atoms with Crippen LogP contribution in [0.25, 0.3) is 0 Å². The Balaban J connectivity index is 3.47. The van der Waals surface area contributed by atoms with Crippen LogP contribution in [0.5, 0.6) is 0 Å². The molecule has 132 valence electrons. The van der Waals surface area contributed by atoms with Gasteiger partial charge in [-0.3, -0.25) is 9.59 Å². The van der Waals surface area contributed by atoms with Crippen molar-refractivity contribution in [1.29, 1.82) is 0 Å². The summed E-state index contributed by atoms with van der Waals surface area (Å²) in [5, 5.41) is 32.5. The largest absolute Gasteiger partial charge is 0.478 e. The predicted octanol–water partition coefficient (Wildman–Crippen LogP) is 1.24. The topological polar surface area (TPSA) is 136 Å². The summed E-state index contributed by atoms with van der Waals surface area (Å²) in [4.78, 5) is 35.3. The first-order valence-electron chi connectivity index (χ1n) is 6.40. The number of aromatic carboxylic acids is 1. The first kappa shape index (κ1) is 21.8. The van der Waals surface area contributed by atoms with Crippen molar-refractivity contribution in [2.45, 2.75) is 13.0 Å². The van der Waals surface area contributed by atoms with Crippen molar-refractivity contribution in [3.63, 3.8) is 0 Å². The lowest BCUT2D eigenvalue weighted by atomic mass is 10.1. The van der Waals surface area contributed by atoms with E-state index in [2.05, 4.69) is 10.6 Å². The average Bonchev–Trinajstić information content (AvgIpc) is 2.48. The molecule has 1 rings (SSSR count). The number of hydrogen-bond acceptors (Lipinski definition) is 5. The van der Waals surface area contributed by atoms with Gasteiger partial charge < -0.3 is 26.0 Å². The van der Waals surface area contributed by atoms with Gasteiger partial charge in [-0.05, 0) is 67.8 Å².